The first kappa shape index (κ1) is 13.7. The van der Waals surface area contributed by atoms with Gasteiger partial charge >= 0.3 is 0 Å². The summed E-state index contributed by atoms with van der Waals surface area (Å²) in [5.74, 6) is 0.738. The molecule has 0 bridgehead atoms. The molecule has 2 heterocycles. The van der Waals surface area contributed by atoms with Gasteiger partial charge in [0.05, 0.1) is 12.7 Å². The van der Waals surface area contributed by atoms with Gasteiger partial charge in [-0.15, -0.1) is 0 Å². The number of hydrogen-bond acceptors (Lipinski definition) is 5. The number of nitrogens with one attached hydrogen (secondary N) is 2. The lowest BCUT2D eigenvalue weighted by atomic mass is 10.4. The topological polar surface area (TPSA) is 119 Å². The molecule has 0 saturated heterocycles. The quantitative estimate of drug-likeness (QED) is 0.608. The predicted octanol–water partition coefficient (Wildman–Crippen LogP) is -0.914. The zero-order chi connectivity index (χ0) is 13.7. The average molecular weight is 284 g/mol. The van der Waals surface area contributed by atoms with E-state index in [1.807, 2.05) is 0 Å². The maximum absolute atomic E-state index is 12.0. The van der Waals surface area contributed by atoms with Crippen LogP contribution < -0.4 is 10.5 Å². The third-order valence-corrected chi connectivity index (χ3v) is 3.90. The van der Waals surface area contributed by atoms with E-state index < -0.39 is 10.0 Å². The smallest absolute Gasteiger partial charge is 0.243 e. The molecular formula is C10H16N6O2S. The summed E-state index contributed by atoms with van der Waals surface area (Å²) in [5.41, 5.74) is 5.38. The van der Waals surface area contributed by atoms with E-state index in [2.05, 4.69) is 19.8 Å². The first-order valence-corrected chi connectivity index (χ1v) is 7.30. The number of hydrogen-bond donors (Lipinski definition) is 3. The SMILES string of the molecule is NCCn1cc(S(=O)(=O)NCCc2ncc[nH]2)cn1. The summed E-state index contributed by atoms with van der Waals surface area (Å²) in [7, 11) is -3.53. The zero-order valence-corrected chi connectivity index (χ0v) is 11.1. The van der Waals surface area contributed by atoms with Crippen LogP contribution in [-0.2, 0) is 23.0 Å². The van der Waals surface area contributed by atoms with Gasteiger partial charge in [0.15, 0.2) is 0 Å². The number of nitrogens with two attached hydrogens (primary N) is 1. The van der Waals surface area contributed by atoms with Gasteiger partial charge in [-0.05, 0) is 0 Å². The highest BCUT2D eigenvalue weighted by molar-refractivity contribution is 7.89. The minimum Gasteiger partial charge on any atom is -0.349 e. The van der Waals surface area contributed by atoms with Crippen LogP contribution in [0.3, 0.4) is 0 Å². The van der Waals surface area contributed by atoms with Crippen molar-refractivity contribution < 1.29 is 8.42 Å². The second-order valence-corrected chi connectivity index (χ2v) is 5.68. The monoisotopic (exact) mass is 284 g/mol. The van der Waals surface area contributed by atoms with Gasteiger partial charge < -0.3 is 10.7 Å². The van der Waals surface area contributed by atoms with Gasteiger partial charge in [0.1, 0.15) is 10.7 Å². The van der Waals surface area contributed by atoms with Gasteiger partial charge in [-0.3, -0.25) is 4.68 Å². The minimum atomic E-state index is -3.53. The van der Waals surface area contributed by atoms with E-state index in [4.69, 9.17) is 5.73 Å². The molecule has 0 unspecified atom stereocenters. The maximum atomic E-state index is 12.0. The first-order chi connectivity index (χ1) is 9.12. The molecule has 0 saturated carbocycles. The van der Waals surface area contributed by atoms with Crippen molar-refractivity contribution in [3.8, 4) is 0 Å². The lowest BCUT2D eigenvalue weighted by molar-refractivity contribution is 0.580. The standard InChI is InChI=1S/C10H16N6O2S/c11-2-6-16-8-9(7-14-16)19(17,18)15-3-1-10-12-4-5-13-10/h4-5,7-8,15H,1-3,6,11H2,(H,12,13). The molecule has 0 radical (unpaired) electrons. The number of nitrogens with zero attached hydrogens (tertiary/aromatic N) is 3. The molecule has 0 aliphatic heterocycles. The Morgan fingerprint density at radius 3 is 3.00 bits per heavy atom. The number of aromatic nitrogens is 4. The Balaban J connectivity index is 1.93. The van der Waals surface area contributed by atoms with Crippen LogP contribution in [0.2, 0.25) is 0 Å². The van der Waals surface area contributed by atoms with Crippen molar-refractivity contribution in [2.75, 3.05) is 13.1 Å². The van der Waals surface area contributed by atoms with Gasteiger partial charge in [-0.2, -0.15) is 5.10 Å². The number of imidazole rings is 1. The van der Waals surface area contributed by atoms with Crippen molar-refractivity contribution in [3.05, 3.63) is 30.6 Å². The van der Waals surface area contributed by atoms with E-state index in [1.54, 1.807) is 12.4 Å². The highest BCUT2D eigenvalue weighted by Gasteiger charge is 2.15. The molecule has 0 amide bonds. The Hall–Kier alpha value is -1.71. The largest absolute Gasteiger partial charge is 0.349 e. The summed E-state index contributed by atoms with van der Waals surface area (Å²) in [4.78, 5) is 7.06. The molecule has 2 rings (SSSR count). The molecule has 4 N–H and O–H groups in total. The van der Waals surface area contributed by atoms with Crippen LogP contribution in [-0.4, -0.2) is 41.3 Å². The van der Waals surface area contributed by atoms with E-state index in [9.17, 15) is 8.42 Å². The number of sulfonamides is 1. The van der Waals surface area contributed by atoms with Crippen LogP contribution in [0.1, 0.15) is 5.82 Å². The van der Waals surface area contributed by atoms with Gasteiger partial charge in [0.2, 0.25) is 10.0 Å². The molecule has 9 heteroatoms. The van der Waals surface area contributed by atoms with E-state index in [0.717, 1.165) is 5.82 Å². The van der Waals surface area contributed by atoms with Crippen LogP contribution in [0.25, 0.3) is 0 Å². The molecule has 0 aromatic carbocycles. The molecule has 8 nitrogen and oxygen atoms in total. The number of H-pyrrole nitrogens is 1. The van der Waals surface area contributed by atoms with Crippen LogP contribution in [0.4, 0.5) is 0 Å². The van der Waals surface area contributed by atoms with Gasteiger partial charge in [-0.1, -0.05) is 0 Å². The lowest BCUT2D eigenvalue weighted by Gasteiger charge is -2.03. The third-order valence-electron chi connectivity index (χ3n) is 2.49. The van der Waals surface area contributed by atoms with Crippen LogP contribution in [0.15, 0.2) is 29.7 Å². The van der Waals surface area contributed by atoms with Gasteiger partial charge in [0.25, 0.3) is 0 Å². The zero-order valence-electron chi connectivity index (χ0n) is 10.3. The van der Waals surface area contributed by atoms with E-state index in [-0.39, 0.29) is 11.4 Å². The van der Waals surface area contributed by atoms with Crippen molar-refractivity contribution in [3.63, 3.8) is 0 Å². The van der Waals surface area contributed by atoms with Crippen molar-refractivity contribution in [1.82, 2.24) is 24.5 Å². The third kappa shape index (κ3) is 3.63. The summed E-state index contributed by atoms with van der Waals surface area (Å²) >= 11 is 0. The minimum absolute atomic E-state index is 0.139. The molecule has 104 valence electrons. The molecule has 2 aromatic rings. The Labute approximate surface area is 111 Å². The Kier molecular flexibility index (Phi) is 4.30. The molecule has 2 aromatic heterocycles. The molecule has 0 aliphatic rings. The average Bonchev–Trinajstić information content (AvgIpc) is 3.00. The van der Waals surface area contributed by atoms with Crippen molar-refractivity contribution in [1.29, 1.82) is 0 Å². The summed E-state index contributed by atoms with van der Waals surface area (Å²) in [6.45, 7) is 1.17. The molecule has 19 heavy (non-hydrogen) atoms. The molecule has 0 aliphatic carbocycles. The van der Waals surface area contributed by atoms with Crippen molar-refractivity contribution >= 4 is 10.0 Å². The second kappa shape index (κ2) is 5.95. The van der Waals surface area contributed by atoms with Gasteiger partial charge in [-0.25, -0.2) is 18.1 Å². The van der Waals surface area contributed by atoms with E-state index >= 15 is 0 Å². The van der Waals surface area contributed by atoms with Crippen LogP contribution in [0, 0.1) is 0 Å². The Morgan fingerprint density at radius 1 is 1.47 bits per heavy atom. The molecule has 0 atom stereocenters. The van der Waals surface area contributed by atoms with Crippen molar-refractivity contribution in [2.24, 2.45) is 5.73 Å². The van der Waals surface area contributed by atoms with E-state index in [1.165, 1.54) is 17.1 Å². The lowest BCUT2D eigenvalue weighted by Crippen LogP contribution is -2.26. The summed E-state index contributed by atoms with van der Waals surface area (Å²) < 4.78 is 27.9. The summed E-state index contributed by atoms with van der Waals surface area (Å²) in [5, 5.41) is 3.93. The summed E-state index contributed by atoms with van der Waals surface area (Å²) in [6, 6.07) is 0. The summed E-state index contributed by atoms with van der Waals surface area (Å²) in [6.07, 6.45) is 6.59. The van der Waals surface area contributed by atoms with Crippen LogP contribution >= 0.6 is 0 Å². The Morgan fingerprint density at radius 2 is 2.32 bits per heavy atom. The fourth-order valence-corrected chi connectivity index (χ4v) is 2.54. The normalized spacial score (nSPS) is 11.8. The van der Waals surface area contributed by atoms with Crippen LogP contribution in [0.5, 0.6) is 0 Å². The first-order valence-electron chi connectivity index (χ1n) is 5.82. The molecule has 0 spiro atoms. The highest BCUT2D eigenvalue weighted by Crippen LogP contribution is 2.06. The van der Waals surface area contributed by atoms with E-state index in [0.29, 0.717) is 19.5 Å². The second-order valence-electron chi connectivity index (χ2n) is 3.91. The fourth-order valence-electron chi connectivity index (χ4n) is 1.56. The highest BCUT2D eigenvalue weighted by atomic mass is 32.2. The number of rotatable bonds is 7. The predicted molar refractivity (Wildman–Crippen MR) is 68.8 cm³/mol. The number of aromatic amines is 1. The Bertz CT molecular complexity index is 604. The maximum Gasteiger partial charge on any atom is 0.243 e. The van der Waals surface area contributed by atoms with Gasteiger partial charge in [0, 0.05) is 38.1 Å². The molecule has 0 fully saturated rings. The molecular weight excluding hydrogens is 268 g/mol. The fraction of sp³-hybridized carbons (Fsp3) is 0.400. The van der Waals surface area contributed by atoms with Crippen molar-refractivity contribution in [2.45, 2.75) is 17.9 Å².